The summed E-state index contributed by atoms with van der Waals surface area (Å²) in [6.45, 7) is 2.30. The van der Waals surface area contributed by atoms with E-state index in [1.54, 1.807) is 0 Å². The van der Waals surface area contributed by atoms with Crippen LogP contribution in [0.5, 0.6) is 11.5 Å². The molecule has 0 radical (unpaired) electrons. The first-order valence-corrected chi connectivity index (χ1v) is 15.6. The second kappa shape index (κ2) is 9.65. The van der Waals surface area contributed by atoms with Gasteiger partial charge in [-0.3, -0.25) is 4.99 Å². The van der Waals surface area contributed by atoms with Gasteiger partial charge in [0.1, 0.15) is 11.5 Å². The van der Waals surface area contributed by atoms with Crippen LogP contribution in [0.4, 0.5) is 0 Å². The molecule has 0 aromatic heterocycles. The number of hydrogen-bond acceptors (Lipinski definition) is 2. The summed E-state index contributed by atoms with van der Waals surface area (Å²) in [6, 6.07) is 52.8. The van der Waals surface area contributed by atoms with Gasteiger partial charge in [0.15, 0.2) is 0 Å². The summed E-state index contributed by atoms with van der Waals surface area (Å²) in [4.78, 5) is 5.57. The van der Waals surface area contributed by atoms with Crippen LogP contribution in [0.1, 0.15) is 69.8 Å². The van der Waals surface area contributed by atoms with E-state index in [1.165, 1.54) is 55.6 Å². The number of hydrogen-bond donors (Lipinski definition) is 0. The molecule has 0 N–H and O–H groups in total. The first kappa shape index (κ1) is 25.3. The Balaban J connectivity index is 1.29. The van der Waals surface area contributed by atoms with E-state index < -0.39 is 5.41 Å². The van der Waals surface area contributed by atoms with E-state index in [0.29, 0.717) is 5.92 Å². The smallest absolute Gasteiger partial charge is 0.132 e. The minimum atomic E-state index is -0.447. The number of aliphatic imine (C=N–C) groups is 1. The molecular formula is C42H31NO. The molecule has 9 rings (SSSR count). The van der Waals surface area contributed by atoms with Crippen molar-refractivity contribution in [3.8, 4) is 22.6 Å². The van der Waals surface area contributed by atoms with Gasteiger partial charge in [-0.1, -0.05) is 134 Å². The molecule has 0 fully saturated rings. The molecule has 3 aliphatic rings. The van der Waals surface area contributed by atoms with Crippen LogP contribution in [-0.4, -0.2) is 5.71 Å². The maximum absolute atomic E-state index is 6.51. The highest BCUT2D eigenvalue weighted by atomic mass is 16.5. The highest BCUT2D eigenvalue weighted by Crippen LogP contribution is 2.62. The molecule has 210 valence electrons. The van der Waals surface area contributed by atoms with Crippen molar-refractivity contribution in [3.05, 3.63) is 190 Å². The van der Waals surface area contributed by atoms with Gasteiger partial charge in [-0.2, -0.15) is 0 Å². The molecule has 2 heterocycles. The van der Waals surface area contributed by atoms with Gasteiger partial charge in [0.25, 0.3) is 0 Å². The Labute approximate surface area is 258 Å². The van der Waals surface area contributed by atoms with Crippen LogP contribution in [0.2, 0.25) is 0 Å². The monoisotopic (exact) mass is 565 g/mol. The lowest BCUT2D eigenvalue weighted by Crippen LogP contribution is -2.32. The summed E-state index contributed by atoms with van der Waals surface area (Å²) in [6.07, 6.45) is 1.02. The fraction of sp³-hybridized carbons (Fsp3) is 0.119. The fourth-order valence-corrected chi connectivity index (χ4v) is 8.14. The standard InChI is InChI=1S/C42H31NO/c1-2-29-30-16-6-7-18-32(30)40(27-14-4-3-5-15-27)43-41(29)28-24-25-35-33(26-28)31-17-8-9-19-34(31)42(35)36-20-10-12-22-38(36)44-39-23-13-11-21-37(39)42/h3-26,29,41H,2H2,1H3. The van der Waals surface area contributed by atoms with Gasteiger partial charge in [-0.15, -0.1) is 0 Å². The molecule has 6 aromatic carbocycles. The van der Waals surface area contributed by atoms with E-state index in [-0.39, 0.29) is 6.04 Å². The summed E-state index contributed by atoms with van der Waals surface area (Å²) in [7, 11) is 0. The first-order chi connectivity index (χ1) is 21.8. The second-order valence-electron chi connectivity index (χ2n) is 12.1. The maximum atomic E-state index is 6.51. The Morgan fingerprint density at radius 2 is 1.16 bits per heavy atom. The summed E-state index contributed by atoms with van der Waals surface area (Å²) in [5.74, 6) is 2.14. The van der Waals surface area contributed by atoms with E-state index >= 15 is 0 Å². The molecule has 0 saturated heterocycles. The third kappa shape index (κ3) is 3.40. The third-order valence-corrected chi connectivity index (χ3v) is 9.96. The fourth-order valence-electron chi connectivity index (χ4n) is 8.14. The predicted octanol–water partition coefficient (Wildman–Crippen LogP) is 10.2. The van der Waals surface area contributed by atoms with Crippen LogP contribution >= 0.6 is 0 Å². The predicted molar refractivity (Wildman–Crippen MR) is 178 cm³/mol. The lowest BCUT2D eigenvalue weighted by atomic mass is 9.66. The average Bonchev–Trinajstić information content (AvgIpc) is 3.38. The molecular weight excluding hydrogens is 534 g/mol. The number of para-hydroxylation sites is 2. The lowest BCUT2D eigenvalue weighted by Gasteiger charge is -2.39. The number of benzene rings is 6. The number of rotatable bonds is 3. The minimum absolute atomic E-state index is 0.0216. The molecule has 0 amide bonds. The van der Waals surface area contributed by atoms with Crippen LogP contribution in [-0.2, 0) is 5.41 Å². The molecule has 0 saturated carbocycles. The number of nitrogens with zero attached hydrogens (tertiary/aromatic N) is 1. The van der Waals surface area contributed by atoms with Gasteiger partial charge < -0.3 is 4.74 Å². The van der Waals surface area contributed by atoms with Gasteiger partial charge in [-0.25, -0.2) is 0 Å². The Morgan fingerprint density at radius 1 is 0.568 bits per heavy atom. The molecule has 1 aliphatic carbocycles. The zero-order valence-electron chi connectivity index (χ0n) is 24.6. The summed E-state index contributed by atoms with van der Waals surface area (Å²) >= 11 is 0. The van der Waals surface area contributed by atoms with Crippen LogP contribution in [0.3, 0.4) is 0 Å². The van der Waals surface area contributed by atoms with Crippen LogP contribution in [0, 0.1) is 0 Å². The van der Waals surface area contributed by atoms with Gasteiger partial charge in [0.05, 0.1) is 17.2 Å². The Bertz CT molecular complexity index is 2060. The maximum Gasteiger partial charge on any atom is 0.132 e. The van der Waals surface area contributed by atoms with Gasteiger partial charge >= 0.3 is 0 Å². The highest BCUT2D eigenvalue weighted by Gasteiger charge is 2.51. The van der Waals surface area contributed by atoms with E-state index in [2.05, 4.69) is 153 Å². The van der Waals surface area contributed by atoms with Crippen molar-refractivity contribution in [2.24, 2.45) is 4.99 Å². The van der Waals surface area contributed by atoms with E-state index in [9.17, 15) is 0 Å². The molecule has 2 heteroatoms. The van der Waals surface area contributed by atoms with Gasteiger partial charge in [0, 0.05) is 28.2 Å². The van der Waals surface area contributed by atoms with Crippen molar-refractivity contribution in [2.45, 2.75) is 30.7 Å². The number of fused-ring (bicyclic) bond motifs is 10. The van der Waals surface area contributed by atoms with E-state index in [1.807, 2.05) is 0 Å². The van der Waals surface area contributed by atoms with Gasteiger partial charge in [0.2, 0.25) is 0 Å². The molecule has 6 aromatic rings. The second-order valence-corrected chi connectivity index (χ2v) is 12.1. The topological polar surface area (TPSA) is 21.6 Å². The summed E-state index contributed by atoms with van der Waals surface area (Å²) < 4.78 is 6.51. The van der Waals surface area contributed by atoms with Crippen molar-refractivity contribution in [3.63, 3.8) is 0 Å². The molecule has 2 nitrogen and oxygen atoms in total. The van der Waals surface area contributed by atoms with E-state index in [4.69, 9.17) is 9.73 Å². The molecule has 0 bridgehead atoms. The Morgan fingerprint density at radius 3 is 1.89 bits per heavy atom. The van der Waals surface area contributed by atoms with Crippen molar-refractivity contribution in [1.82, 2.24) is 0 Å². The molecule has 2 unspecified atom stereocenters. The van der Waals surface area contributed by atoms with Crippen molar-refractivity contribution in [2.75, 3.05) is 0 Å². The molecule has 1 spiro atoms. The first-order valence-electron chi connectivity index (χ1n) is 15.6. The SMILES string of the molecule is CCC1c2ccccc2C(c2ccccc2)=NC1c1ccc2c(c1)-c1ccccc1C21c2ccccc2Oc2ccccc21. The third-order valence-electron chi connectivity index (χ3n) is 9.96. The highest BCUT2D eigenvalue weighted by molar-refractivity contribution is 6.14. The summed E-state index contributed by atoms with van der Waals surface area (Å²) in [5.41, 5.74) is 13.3. The zero-order valence-corrected chi connectivity index (χ0v) is 24.6. The zero-order chi connectivity index (χ0) is 29.3. The van der Waals surface area contributed by atoms with Crippen molar-refractivity contribution >= 4 is 5.71 Å². The van der Waals surface area contributed by atoms with E-state index in [0.717, 1.165) is 23.6 Å². The summed E-state index contributed by atoms with van der Waals surface area (Å²) in [5, 5.41) is 0. The van der Waals surface area contributed by atoms with Crippen molar-refractivity contribution < 1.29 is 4.74 Å². The minimum Gasteiger partial charge on any atom is -0.457 e. The molecule has 44 heavy (non-hydrogen) atoms. The van der Waals surface area contributed by atoms with Crippen LogP contribution in [0.25, 0.3) is 11.1 Å². The Kier molecular flexibility index (Phi) is 5.55. The van der Waals surface area contributed by atoms with Crippen LogP contribution in [0.15, 0.2) is 151 Å². The lowest BCUT2D eigenvalue weighted by molar-refractivity contribution is 0.436. The molecule has 2 atom stereocenters. The van der Waals surface area contributed by atoms with Crippen molar-refractivity contribution in [1.29, 1.82) is 0 Å². The van der Waals surface area contributed by atoms with Gasteiger partial charge in [-0.05, 0) is 58.0 Å². The average molecular weight is 566 g/mol. The normalized spacial score (nSPS) is 18.2. The molecule has 2 aliphatic heterocycles. The van der Waals surface area contributed by atoms with Crippen LogP contribution < -0.4 is 4.74 Å². The number of ether oxygens (including phenoxy) is 1. The largest absolute Gasteiger partial charge is 0.457 e. The Hall–Kier alpha value is -5.21. The quantitative estimate of drug-likeness (QED) is 0.209.